The van der Waals surface area contributed by atoms with Crippen molar-refractivity contribution in [1.29, 1.82) is 0 Å². The molecule has 0 amide bonds. The molecule has 9 heteroatoms. The molecule has 5 aromatic rings. The van der Waals surface area contributed by atoms with Crippen LogP contribution in [0.1, 0.15) is 24.4 Å². The van der Waals surface area contributed by atoms with Crippen molar-refractivity contribution < 1.29 is 4.39 Å². The van der Waals surface area contributed by atoms with Crippen LogP contribution in [0.5, 0.6) is 0 Å². The summed E-state index contributed by atoms with van der Waals surface area (Å²) in [5.74, 6) is 0.536. The van der Waals surface area contributed by atoms with Crippen LogP contribution in [0.15, 0.2) is 59.9 Å². The van der Waals surface area contributed by atoms with Gasteiger partial charge in [-0.3, -0.25) is 9.36 Å². The smallest absolute Gasteiger partial charge is 0.266 e. The van der Waals surface area contributed by atoms with Gasteiger partial charge < -0.3 is 10.3 Å². The third-order valence-corrected chi connectivity index (χ3v) is 5.18. The van der Waals surface area contributed by atoms with Gasteiger partial charge in [0, 0.05) is 0 Å². The number of aromatic amines is 1. The van der Waals surface area contributed by atoms with Gasteiger partial charge in [-0.1, -0.05) is 18.2 Å². The summed E-state index contributed by atoms with van der Waals surface area (Å²) in [6.45, 7) is 3.80. The zero-order valence-electron chi connectivity index (χ0n) is 16.8. The highest BCUT2D eigenvalue weighted by molar-refractivity contribution is 5.82. The Hall–Kier alpha value is -4.14. The van der Waals surface area contributed by atoms with Gasteiger partial charge in [0.2, 0.25) is 0 Å². The summed E-state index contributed by atoms with van der Waals surface area (Å²) in [5, 5.41) is 3.52. The molecule has 0 unspecified atom stereocenters. The highest BCUT2D eigenvalue weighted by Gasteiger charge is 2.20. The molecular weight excluding hydrogens is 397 g/mol. The van der Waals surface area contributed by atoms with Crippen LogP contribution in [0.2, 0.25) is 0 Å². The van der Waals surface area contributed by atoms with Gasteiger partial charge in [-0.2, -0.15) is 0 Å². The molecule has 0 bridgehead atoms. The largest absolute Gasteiger partial charge is 0.358 e. The average Bonchev–Trinajstić information content (AvgIpc) is 3.25. The van der Waals surface area contributed by atoms with Crippen molar-refractivity contribution in [2.75, 3.05) is 5.32 Å². The van der Waals surface area contributed by atoms with E-state index >= 15 is 0 Å². The summed E-state index contributed by atoms with van der Waals surface area (Å²) in [6, 6.07) is 11.1. The zero-order chi connectivity index (χ0) is 21.5. The highest BCUT2D eigenvalue weighted by atomic mass is 19.1. The molecule has 1 atom stereocenters. The van der Waals surface area contributed by atoms with Gasteiger partial charge in [0.15, 0.2) is 11.5 Å². The lowest BCUT2D eigenvalue weighted by Crippen LogP contribution is -2.28. The van der Waals surface area contributed by atoms with Crippen molar-refractivity contribution in [3.8, 4) is 5.69 Å². The molecule has 2 aromatic carbocycles. The van der Waals surface area contributed by atoms with Crippen LogP contribution >= 0.6 is 0 Å². The quantitative estimate of drug-likeness (QED) is 0.464. The molecule has 0 aliphatic carbocycles. The lowest BCUT2D eigenvalue weighted by molar-refractivity contribution is 0.629. The van der Waals surface area contributed by atoms with E-state index in [2.05, 4.69) is 25.3 Å². The Morgan fingerprint density at radius 2 is 1.97 bits per heavy atom. The fourth-order valence-electron chi connectivity index (χ4n) is 3.66. The number of aryl methyl sites for hydroxylation is 1. The maximum Gasteiger partial charge on any atom is 0.266 e. The Balaban J connectivity index is 1.72. The van der Waals surface area contributed by atoms with E-state index in [9.17, 15) is 9.18 Å². The summed E-state index contributed by atoms with van der Waals surface area (Å²) in [6.07, 6.45) is 2.96. The van der Waals surface area contributed by atoms with Gasteiger partial charge in [0.1, 0.15) is 23.5 Å². The third kappa shape index (κ3) is 3.20. The molecule has 8 nitrogen and oxygen atoms in total. The summed E-state index contributed by atoms with van der Waals surface area (Å²) in [4.78, 5) is 33.8. The van der Waals surface area contributed by atoms with Crippen LogP contribution in [-0.2, 0) is 0 Å². The first-order valence-corrected chi connectivity index (χ1v) is 9.72. The van der Waals surface area contributed by atoms with E-state index < -0.39 is 11.9 Å². The topological polar surface area (TPSA) is 101 Å². The van der Waals surface area contributed by atoms with Crippen molar-refractivity contribution >= 4 is 27.9 Å². The normalized spacial score (nSPS) is 12.4. The molecule has 31 heavy (non-hydrogen) atoms. The molecule has 0 saturated heterocycles. The molecule has 3 aromatic heterocycles. The minimum absolute atomic E-state index is 0.220. The fraction of sp³-hybridized carbons (Fsp3) is 0.136. The first kappa shape index (κ1) is 18.9. The Kier molecular flexibility index (Phi) is 4.43. The maximum atomic E-state index is 13.9. The molecule has 154 valence electrons. The van der Waals surface area contributed by atoms with Crippen LogP contribution in [-0.4, -0.2) is 29.5 Å². The van der Waals surface area contributed by atoms with Crippen molar-refractivity contribution in [3.05, 3.63) is 82.7 Å². The second kappa shape index (κ2) is 7.28. The van der Waals surface area contributed by atoms with E-state index in [0.717, 1.165) is 5.56 Å². The number of hydrogen-bond acceptors (Lipinski definition) is 6. The first-order valence-electron chi connectivity index (χ1n) is 9.72. The van der Waals surface area contributed by atoms with Gasteiger partial charge in [-0.25, -0.2) is 24.3 Å². The number of H-pyrrole nitrogens is 1. The Bertz CT molecular complexity index is 1490. The van der Waals surface area contributed by atoms with Crippen molar-refractivity contribution in [3.63, 3.8) is 0 Å². The Morgan fingerprint density at radius 1 is 1.13 bits per heavy atom. The molecule has 0 spiro atoms. The van der Waals surface area contributed by atoms with Crippen molar-refractivity contribution in [1.82, 2.24) is 29.5 Å². The summed E-state index contributed by atoms with van der Waals surface area (Å²) >= 11 is 0. The Morgan fingerprint density at radius 3 is 2.81 bits per heavy atom. The monoisotopic (exact) mass is 415 g/mol. The van der Waals surface area contributed by atoms with Gasteiger partial charge >= 0.3 is 0 Å². The number of imidazole rings is 1. The summed E-state index contributed by atoms with van der Waals surface area (Å²) < 4.78 is 15.4. The number of hydrogen-bond donors (Lipinski definition) is 2. The zero-order valence-corrected chi connectivity index (χ0v) is 16.8. The van der Waals surface area contributed by atoms with Gasteiger partial charge in [-0.15, -0.1) is 0 Å². The number of nitrogens with one attached hydrogen (secondary N) is 2. The third-order valence-electron chi connectivity index (χ3n) is 5.18. The molecule has 0 saturated carbocycles. The van der Waals surface area contributed by atoms with Gasteiger partial charge in [0.25, 0.3) is 5.56 Å². The predicted molar refractivity (Wildman–Crippen MR) is 116 cm³/mol. The maximum absolute atomic E-state index is 13.9. The standard InChI is InChI=1S/C22H18FN7O/c1-12-5-3-4-6-17(12)30-21(29-16-8-7-14(23)9-15(16)22(30)31)13(2)28-20-18-19(25-10-24-18)26-11-27-20/h3-11,13H,1-2H3,(H2,24,25,26,27,28)/t13-/m0/s1. The summed E-state index contributed by atoms with van der Waals surface area (Å²) in [7, 11) is 0. The molecular formula is C22H18FN7O. The number of rotatable bonds is 4. The Labute approximate surface area is 175 Å². The second-order valence-corrected chi connectivity index (χ2v) is 7.25. The van der Waals surface area contributed by atoms with E-state index in [-0.39, 0.29) is 10.9 Å². The minimum atomic E-state index is -0.482. The summed E-state index contributed by atoms with van der Waals surface area (Å²) in [5.41, 5.74) is 2.86. The van der Waals surface area contributed by atoms with E-state index in [0.29, 0.717) is 34.0 Å². The highest BCUT2D eigenvalue weighted by Crippen LogP contribution is 2.24. The molecule has 3 heterocycles. The van der Waals surface area contributed by atoms with Crippen LogP contribution < -0.4 is 10.9 Å². The predicted octanol–water partition coefficient (Wildman–Crippen LogP) is 3.67. The van der Waals surface area contributed by atoms with Crippen molar-refractivity contribution in [2.24, 2.45) is 0 Å². The SMILES string of the molecule is Cc1ccccc1-n1c([C@H](C)Nc2ncnc3nc[nH]c23)nc2ccc(F)cc2c1=O. The number of anilines is 1. The number of halogens is 1. The van der Waals surface area contributed by atoms with Crippen molar-refractivity contribution in [2.45, 2.75) is 19.9 Å². The van der Waals surface area contributed by atoms with Gasteiger partial charge in [0.05, 0.1) is 29.0 Å². The molecule has 5 rings (SSSR count). The fourth-order valence-corrected chi connectivity index (χ4v) is 3.66. The van der Waals surface area contributed by atoms with Crippen LogP contribution in [0, 0.1) is 12.7 Å². The number of fused-ring (bicyclic) bond motifs is 2. The van der Waals surface area contributed by atoms with E-state index in [1.54, 1.807) is 6.33 Å². The number of nitrogens with zero attached hydrogens (tertiary/aromatic N) is 5. The first-order chi connectivity index (χ1) is 15.0. The van der Waals surface area contributed by atoms with Crippen LogP contribution in [0.3, 0.4) is 0 Å². The van der Waals surface area contributed by atoms with Gasteiger partial charge in [-0.05, 0) is 43.7 Å². The lowest BCUT2D eigenvalue weighted by Gasteiger charge is -2.21. The molecule has 0 aliphatic rings. The van der Waals surface area contributed by atoms with E-state index in [1.165, 1.54) is 29.1 Å². The minimum Gasteiger partial charge on any atom is -0.358 e. The molecule has 0 fully saturated rings. The lowest BCUT2D eigenvalue weighted by atomic mass is 10.1. The number of para-hydroxylation sites is 1. The molecule has 2 N–H and O–H groups in total. The van der Waals surface area contributed by atoms with E-state index in [4.69, 9.17) is 4.98 Å². The van der Waals surface area contributed by atoms with Crippen LogP contribution in [0.4, 0.5) is 10.2 Å². The number of benzene rings is 2. The molecule has 0 aliphatic heterocycles. The van der Waals surface area contributed by atoms with Crippen LogP contribution in [0.25, 0.3) is 27.8 Å². The second-order valence-electron chi connectivity index (χ2n) is 7.25. The van der Waals surface area contributed by atoms with E-state index in [1.807, 2.05) is 38.1 Å². The number of aromatic nitrogens is 6. The average molecular weight is 415 g/mol. The molecule has 0 radical (unpaired) electrons.